The van der Waals surface area contributed by atoms with Crippen molar-refractivity contribution in [1.82, 2.24) is 4.90 Å². The minimum absolute atomic E-state index is 0.277. The van der Waals surface area contributed by atoms with Crippen molar-refractivity contribution in [2.75, 3.05) is 37.6 Å². The van der Waals surface area contributed by atoms with Crippen LogP contribution >= 0.6 is 0 Å². The molecule has 0 bridgehead atoms. The molecule has 1 aromatic rings. The molecule has 2 rings (SSSR count). The zero-order chi connectivity index (χ0) is 15.1. The summed E-state index contributed by atoms with van der Waals surface area (Å²) in [5.41, 5.74) is 1.75. The molecule has 1 aliphatic heterocycles. The molecule has 0 spiro atoms. The fourth-order valence-electron chi connectivity index (χ4n) is 2.71. The van der Waals surface area contributed by atoms with Gasteiger partial charge in [0.2, 0.25) is 0 Å². The number of anilines is 1. The van der Waals surface area contributed by atoms with E-state index in [0.717, 1.165) is 56.8 Å². The lowest BCUT2D eigenvalue weighted by Gasteiger charge is -2.37. The standard InChI is InChI=1S/C17H23N3O/c1-2-3-7-16(21)14-19-9-11-20(12-10-19)17-8-5-4-6-15(17)13-18/h2,4-6,8,16,21H,1,3,7,9-12,14H2. The number of para-hydroxylation sites is 1. The zero-order valence-corrected chi connectivity index (χ0v) is 12.4. The summed E-state index contributed by atoms with van der Waals surface area (Å²) >= 11 is 0. The van der Waals surface area contributed by atoms with Crippen LogP contribution in [-0.4, -0.2) is 48.8 Å². The number of piperazine rings is 1. The van der Waals surface area contributed by atoms with E-state index >= 15 is 0 Å². The van der Waals surface area contributed by atoms with Crippen molar-refractivity contribution in [3.05, 3.63) is 42.5 Å². The van der Waals surface area contributed by atoms with Crippen molar-refractivity contribution in [3.8, 4) is 6.07 Å². The third-order valence-corrected chi connectivity index (χ3v) is 3.91. The summed E-state index contributed by atoms with van der Waals surface area (Å²) in [5, 5.41) is 19.1. The number of benzene rings is 1. The zero-order valence-electron chi connectivity index (χ0n) is 12.4. The van der Waals surface area contributed by atoms with Gasteiger partial charge in [-0.25, -0.2) is 0 Å². The predicted molar refractivity (Wildman–Crippen MR) is 85.2 cm³/mol. The predicted octanol–water partition coefficient (Wildman–Crippen LogP) is 2.01. The van der Waals surface area contributed by atoms with Crippen LogP contribution in [0.15, 0.2) is 36.9 Å². The molecular formula is C17H23N3O. The third kappa shape index (κ3) is 4.32. The smallest absolute Gasteiger partial charge is 0.101 e. The second-order valence-corrected chi connectivity index (χ2v) is 5.44. The molecule has 1 aromatic carbocycles. The minimum atomic E-state index is -0.277. The average molecular weight is 285 g/mol. The van der Waals surface area contributed by atoms with Gasteiger partial charge < -0.3 is 10.0 Å². The molecule has 1 unspecified atom stereocenters. The number of nitrogens with zero attached hydrogens (tertiary/aromatic N) is 3. The number of hydrogen-bond donors (Lipinski definition) is 1. The Morgan fingerprint density at radius 3 is 2.67 bits per heavy atom. The van der Waals surface area contributed by atoms with Gasteiger partial charge in [-0.2, -0.15) is 5.26 Å². The Hall–Kier alpha value is -1.83. The lowest BCUT2D eigenvalue weighted by atomic mass is 10.1. The summed E-state index contributed by atoms with van der Waals surface area (Å²) < 4.78 is 0. The highest BCUT2D eigenvalue weighted by Gasteiger charge is 2.20. The summed E-state index contributed by atoms with van der Waals surface area (Å²) in [6.07, 6.45) is 3.21. The van der Waals surface area contributed by atoms with Crippen LogP contribution in [-0.2, 0) is 0 Å². The van der Waals surface area contributed by atoms with Crippen molar-refractivity contribution in [2.45, 2.75) is 18.9 Å². The number of allylic oxidation sites excluding steroid dienone is 1. The van der Waals surface area contributed by atoms with Gasteiger partial charge in [0.05, 0.1) is 17.4 Å². The maximum Gasteiger partial charge on any atom is 0.101 e. The van der Waals surface area contributed by atoms with E-state index in [4.69, 9.17) is 0 Å². The largest absolute Gasteiger partial charge is 0.392 e. The van der Waals surface area contributed by atoms with Gasteiger partial charge in [0.15, 0.2) is 0 Å². The van der Waals surface area contributed by atoms with Crippen LogP contribution in [0.3, 0.4) is 0 Å². The Morgan fingerprint density at radius 1 is 1.29 bits per heavy atom. The first-order valence-electron chi connectivity index (χ1n) is 7.50. The fraction of sp³-hybridized carbons (Fsp3) is 0.471. The molecule has 1 heterocycles. The Kier molecular flexibility index (Phi) is 5.79. The lowest BCUT2D eigenvalue weighted by molar-refractivity contribution is 0.103. The molecular weight excluding hydrogens is 262 g/mol. The van der Waals surface area contributed by atoms with E-state index in [9.17, 15) is 10.4 Å². The van der Waals surface area contributed by atoms with Crippen LogP contribution in [0.5, 0.6) is 0 Å². The number of rotatable bonds is 6. The summed E-state index contributed by atoms with van der Waals surface area (Å²) in [6.45, 7) is 8.04. The molecule has 1 atom stereocenters. The number of hydrogen-bond acceptors (Lipinski definition) is 4. The molecule has 0 aliphatic carbocycles. The van der Waals surface area contributed by atoms with E-state index in [-0.39, 0.29) is 6.10 Å². The Morgan fingerprint density at radius 2 is 2.00 bits per heavy atom. The van der Waals surface area contributed by atoms with Crippen LogP contribution in [0.4, 0.5) is 5.69 Å². The van der Waals surface area contributed by atoms with Gasteiger partial charge in [-0.1, -0.05) is 18.2 Å². The van der Waals surface area contributed by atoms with Crippen molar-refractivity contribution < 1.29 is 5.11 Å². The number of β-amino-alcohol motifs (C(OH)–C–C–N with tert-alkyl or cyclic N) is 1. The molecule has 21 heavy (non-hydrogen) atoms. The average Bonchev–Trinajstić information content (AvgIpc) is 2.53. The number of nitriles is 1. The molecule has 1 aliphatic rings. The lowest BCUT2D eigenvalue weighted by Crippen LogP contribution is -2.48. The Bertz CT molecular complexity index is 501. The Labute approximate surface area is 126 Å². The summed E-state index contributed by atoms with van der Waals surface area (Å²) in [7, 11) is 0. The van der Waals surface area contributed by atoms with Gasteiger partial charge in [0, 0.05) is 32.7 Å². The topological polar surface area (TPSA) is 50.5 Å². The van der Waals surface area contributed by atoms with E-state index < -0.39 is 0 Å². The molecule has 1 fully saturated rings. The van der Waals surface area contributed by atoms with Crippen LogP contribution in [0, 0.1) is 11.3 Å². The maximum absolute atomic E-state index is 9.95. The first kappa shape index (κ1) is 15.6. The van der Waals surface area contributed by atoms with E-state index in [1.54, 1.807) is 0 Å². The number of aliphatic hydroxyl groups is 1. The first-order chi connectivity index (χ1) is 10.2. The highest BCUT2D eigenvalue weighted by atomic mass is 16.3. The van der Waals surface area contributed by atoms with Crippen molar-refractivity contribution in [1.29, 1.82) is 5.26 Å². The molecule has 4 nitrogen and oxygen atoms in total. The molecule has 0 aromatic heterocycles. The highest BCUT2D eigenvalue weighted by Crippen LogP contribution is 2.21. The molecule has 0 radical (unpaired) electrons. The molecule has 0 amide bonds. The summed E-state index contributed by atoms with van der Waals surface area (Å²) in [4.78, 5) is 4.55. The molecule has 1 N–H and O–H groups in total. The molecule has 0 saturated carbocycles. The Balaban J connectivity index is 1.86. The van der Waals surface area contributed by atoms with Gasteiger partial charge in [-0.05, 0) is 25.0 Å². The van der Waals surface area contributed by atoms with Crippen molar-refractivity contribution in [3.63, 3.8) is 0 Å². The van der Waals surface area contributed by atoms with Gasteiger partial charge >= 0.3 is 0 Å². The van der Waals surface area contributed by atoms with E-state index in [2.05, 4.69) is 22.4 Å². The minimum Gasteiger partial charge on any atom is -0.392 e. The van der Waals surface area contributed by atoms with Gasteiger partial charge in [-0.3, -0.25) is 4.90 Å². The van der Waals surface area contributed by atoms with Crippen LogP contribution in [0.25, 0.3) is 0 Å². The summed E-state index contributed by atoms with van der Waals surface area (Å²) in [6, 6.07) is 9.99. The monoisotopic (exact) mass is 285 g/mol. The highest BCUT2D eigenvalue weighted by molar-refractivity contribution is 5.59. The van der Waals surface area contributed by atoms with Crippen LogP contribution in [0.2, 0.25) is 0 Å². The SMILES string of the molecule is C=CCCC(O)CN1CCN(c2ccccc2C#N)CC1. The first-order valence-corrected chi connectivity index (χ1v) is 7.50. The van der Waals surface area contributed by atoms with Crippen LogP contribution in [0.1, 0.15) is 18.4 Å². The van der Waals surface area contributed by atoms with Gasteiger partial charge in [0.1, 0.15) is 6.07 Å². The summed E-state index contributed by atoms with van der Waals surface area (Å²) in [5.74, 6) is 0. The molecule has 1 saturated heterocycles. The van der Waals surface area contributed by atoms with E-state index in [1.165, 1.54) is 0 Å². The second-order valence-electron chi connectivity index (χ2n) is 5.44. The third-order valence-electron chi connectivity index (χ3n) is 3.91. The molecule has 4 heteroatoms. The van der Waals surface area contributed by atoms with E-state index in [1.807, 2.05) is 30.3 Å². The number of aliphatic hydroxyl groups excluding tert-OH is 1. The van der Waals surface area contributed by atoms with Crippen LogP contribution < -0.4 is 4.90 Å². The molecule has 112 valence electrons. The van der Waals surface area contributed by atoms with E-state index in [0.29, 0.717) is 0 Å². The second kappa shape index (κ2) is 7.82. The normalized spacial score (nSPS) is 17.2. The maximum atomic E-state index is 9.95. The van der Waals surface area contributed by atoms with Crippen molar-refractivity contribution >= 4 is 5.69 Å². The van der Waals surface area contributed by atoms with Gasteiger partial charge in [-0.15, -0.1) is 6.58 Å². The van der Waals surface area contributed by atoms with Crippen molar-refractivity contribution in [2.24, 2.45) is 0 Å². The van der Waals surface area contributed by atoms with Gasteiger partial charge in [0.25, 0.3) is 0 Å². The quantitative estimate of drug-likeness (QED) is 0.812. The fourth-order valence-corrected chi connectivity index (χ4v) is 2.71.